The van der Waals surface area contributed by atoms with Gasteiger partial charge in [-0.1, -0.05) is 189 Å². The number of rotatable bonds is 9. The lowest BCUT2D eigenvalue weighted by molar-refractivity contribution is 0.225. The molecule has 0 aliphatic carbocycles. The van der Waals surface area contributed by atoms with E-state index in [9.17, 15) is 5.11 Å². The first-order valence-corrected chi connectivity index (χ1v) is 23.5. The number of hydrogen-bond donors (Lipinski definition) is 1. The molecular formula is C63H71N3O. The van der Waals surface area contributed by atoms with Crippen molar-refractivity contribution in [3.63, 3.8) is 0 Å². The van der Waals surface area contributed by atoms with Crippen molar-refractivity contribution in [1.29, 1.82) is 0 Å². The number of phenols is 1. The van der Waals surface area contributed by atoms with Crippen LogP contribution >= 0.6 is 0 Å². The van der Waals surface area contributed by atoms with Gasteiger partial charge in [-0.3, -0.25) is 9.55 Å². The van der Waals surface area contributed by atoms with Gasteiger partial charge in [0.25, 0.3) is 0 Å². The van der Waals surface area contributed by atoms with Crippen molar-refractivity contribution < 1.29 is 17.4 Å². The number of phenolic OH excluding ortho intramolecular Hbond substituents is 1. The Morgan fingerprint density at radius 2 is 1.22 bits per heavy atom. The third-order valence-electron chi connectivity index (χ3n) is 14.1. The van der Waals surface area contributed by atoms with E-state index in [0.717, 1.165) is 61.2 Å². The number of pyridine rings is 1. The van der Waals surface area contributed by atoms with Crippen LogP contribution in [0.3, 0.4) is 0 Å². The zero-order valence-corrected chi connectivity index (χ0v) is 41.2. The molecule has 8 rings (SSSR count). The average molecular weight is 895 g/mol. The van der Waals surface area contributed by atoms with Gasteiger partial charge in [0, 0.05) is 35.2 Å². The maximum Gasteiger partial charge on any atom is 0.149 e. The standard InChI is InChI=1S/C63H71N3O/c1-39(2)44-35-51(40(3)4)58(67)53(36-44)59-65-57-50(22-19-23-56(57)66(59)55-29-28-48(63(14,15)62(11,12)13)38-52(55)42-20-17-16-18-21-42)45-32-46(34-49(33-45)61(8,9)10)54-37-43(30-31-64-54)41-24-26-47(27-25-41)60(5,6)7/h16-40,67H,1-15H3/i5D3,6D3,7D3. The van der Waals surface area contributed by atoms with Crippen molar-refractivity contribution in [3.8, 4) is 67.5 Å². The van der Waals surface area contributed by atoms with Gasteiger partial charge in [0.15, 0.2) is 0 Å². The number of nitrogens with zero attached hydrogens (tertiary/aromatic N) is 3. The smallest absolute Gasteiger partial charge is 0.149 e. The molecule has 0 unspecified atom stereocenters. The molecule has 4 heteroatoms. The molecule has 6 aromatic carbocycles. The van der Waals surface area contributed by atoms with Gasteiger partial charge >= 0.3 is 0 Å². The van der Waals surface area contributed by atoms with Crippen LogP contribution in [0.5, 0.6) is 5.75 Å². The lowest BCUT2D eigenvalue weighted by atomic mass is 9.65. The van der Waals surface area contributed by atoms with Gasteiger partial charge in [-0.05, 0) is 132 Å². The monoisotopic (exact) mass is 895 g/mol. The Labute approximate surface area is 413 Å². The molecule has 4 nitrogen and oxygen atoms in total. The number of imidazole rings is 1. The van der Waals surface area contributed by atoms with Crippen LogP contribution in [0.2, 0.25) is 0 Å². The number of fused-ring (bicyclic) bond motifs is 1. The fraction of sp³-hybridized carbons (Fsp3) is 0.333. The SMILES string of the molecule is [2H]C([2H])([2H])C(c1ccc(-c2ccnc(-c3cc(-c4cccc5c4nc(-c4cc(C(C)C)cc(C(C)C)c4O)n5-c4ccc(C(C)(C)C(C)(C)C)cc4-c4ccccc4)cc(C(C)(C)C)c3)c2)cc1)(C([2H])([2H])[2H])C([2H])([2H])[2H]. The van der Waals surface area contributed by atoms with E-state index < -0.39 is 26.0 Å². The second-order valence-electron chi connectivity index (χ2n) is 21.5. The zero-order chi connectivity index (χ0) is 55.9. The van der Waals surface area contributed by atoms with Gasteiger partial charge in [0.1, 0.15) is 11.6 Å². The molecule has 0 fully saturated rings. The summed E-state index contributed by atoms with van der Waals surface area (Å²) in [5, 5.41) is 12.4. The molecule has 0 aliphatic heterocycles. The second kappa shape index (κ2) is 17.4. The van der Waals surface area contributed by atoms with Crippen molar-refractivity contribution in [2.75, 3.05) is 0 Å². The molecule has 0 spiro atoms. The number of para-hydroxylation sites is 1. The van der Waals surface area contributed by atoms with Crippen LogP contribution in [0, 0.1) is 5.41 Å². The van der Waals surface area contributed by atoms with E-state index in [1.165, 1.54) is 17.7 Å². The van der Waals surface area contributed by atoms with E-state index in [0.29, 0.717) is 28.2 Å². The van der Waals surface area contributed by atoms with Crippen molar-refractivity contribution in [1.82, 2.24) is 14.5 Å². The molecule has 2 aromatic heterocycles. The van der Waals surface area contributed by atoms with Gasteiger partial charge in [-0.15, -0.1) is 0 Å². The van der Waals surface area contributed by atoms with Gasteiger partial charge in [0.05, 0.1) is 28.0 Å². The molecule has 8 aromatic rings. The topological polar surface area (TPSA) is 50.9 Å². The Kier molecular flexibility index (Phi) is 9.58. The first-order valence-electron chi connectivity index (χ1n) is 28.0. The second-order valence-corrected chi connectivity index (χ2v) is 21.5. The minimum Gasteiger partial charge on any atom is -0.507 e. The van der Waals surface area contributed by atoms with E-state index in [1.807, 2.05) is 12.1 Å². The van der Waals surface area contributed by atoms with Crippen molar-refractivity contribution in [3.05, 3.63) is 167 Å². The summed E-state index contributed by atoms with van der Waals surface area (Å²) in [6.45, 7) is 16.4. The van der Waals surface area contributed by atoms with Crippen molar-refractivity contribution in [2.24, 2.45) is 5.41 Å². The van der Waals surface area contributed by atoms with Gasteiger partial charge in [0.2, 0.25) is 0 Å². The summed E-state index contributed by atoms with van der Waals surface area (Å²) in [6.07, 6.45) is 1.69. The predicted octanol–water partition coefficient (Wildman–Crippen LogP) is 17.6. The summed E-state index contributed by atoms with van der Waals surface area (Å²) in [7, 11) is 0. The zero-order valence-electron chi connectivity index (χ0n) is 50.2. The Hall–Kier alpha value is -6.26. The van der Waals surface area contributed by atoms with E-state index in [2.05, 4.69) is 179 Å². The number of benzene rings is 6. The molecule has 67 heavy (non-hydrogen) atoms. The molecule has 1 N–H and O–H groups in total. The van der Waals surface area contributed by atoms with Crippen LogP contribution in [0.4, 0.5) is 0 Å². The minimum atomic E-state index is -3.37. The van der Waals surface area contributed by atoms with Gasteiger partial charge in [-0.2, -0.15) is 0 Å². The van der Waals surface area contributed by atoms with E-state index >= 15 is 0 Å². The summed E-state index contributed by atoms with van der Waals surface area (Å²) in [6, 6.07) is 43.6. The van der Waals surface area contributed by atoms with Gasteiger partial charge < -0.3 is 5.11 Å². The summed E-state index contributed by atoms with van der Waals surface area (Å²) in [4.78, 5) is 10.5. The summed E-state index contributed by atoms with van der Waals surface area (Å²) < 4.78 is 76.3. The number of aromatic nitrogens is 3. The molecule has 0 bridgehead atoms. The van der Waals surface area contributed by atoms with E-state index in [4.69, 9.17) is 22.3 Å². The summed E-state index contributed by atoms with van der Waals surface area (Å²) in [5.41, 5.74) is 10.1. The van der Waals surface area contributed by atoms with E-state index in [1.54, 1.807) is 24.4 Å². The fourth-order valence-electron chi connectivity index (χ4n) is 8.83. The predicted molar refractivity (Wildman–Crippen MR) is 286 cm³/mol. The number of aromatic hydroxyl groups is 1. The normalized spacial score (nSPS) is 15.3. The van der Waals surface area contributed by atoms with E-state index in [-0.39, 0.29) is 39.4 Å². The maximum atomic E-state index is 12.4. The molecule has 0 aliphatic rings. The Morgan fingerprint density at radius 1 is 0.537 bits per heavy atom. The molecular weight excluding hydrogens is 815 g/mol. The minimum absolute atomic E-state index is 0.0402. The lowest BCUT2D eigenvalue weighted by Gasteiger charge is -2.40. The fourth-order valence-corrected chi connectivity index (χ4v) is 8.83. The van der Waals surface area contributed by atoms with Crippen LogP contribution in [0.25, 0.3) is 72.7 Å². The molecule has 0 saturated heterocycles. The number of hydrogen-bond acceptors (Lipinski definition) is 3. The highest BCUT2D eigenvalue weighted by atomic mass is 16.3. The highest BCUT2D eigenvalue weighted by Crippen LogP contribution is 2.47. The van der Waals surface area contributed by atoms with Crippen LogP contribution in [0.15, 0.2) is 140 Å². The summed E-state index contributed by atoms with van der Waals surface area (Å²) >= 11 is 0. The van der Waals surface area contributed by atoms with Crippen molar-refractivity contribution >= 4 is 11.0 Å². The average Bonchev–Trinajstić information content (AvgIpc) is 3.71. The third-order valence-corrected chi connectivity index (χ3v) is 14.1. The lowest BCUT2D eigenvalue weighted by Crippen LogP contribution is -2.34. The Bertz CT molecular complexity index is 3400. The molecule has 344 valence electrons. The first kappa shape index (κ1) is 36.8. The maximum absolute atomic E-state index is 12.4. The van der Waals surface area contributed by atoms with Crippen LogP contribution < -0.4 is 0 Å². The Morgan fingerprint density at radius 3 is 1.87 bits per heavy atom. The van der Waals surface area contributed by atoms with Crippen molar-refractivity contribution in [2.45, 2.75) is 132 Å². The molecule has 0 radical (unpaired) electrons. The molecule has 0 atom stereocenters. The highest BCUT2D eigenvalue weighted by molar-refractivity contribution is 5.98. The third kappa shape index (κ3) is 9.12. The van der Waals surface area contributed by atoms with Crippen LogP contribution in [-0.4, -0.2) is 19.6 Å². The van der Waals surface area contributed by atoms with Crippen LogP contribution in [-0.2, 0) is 16.2 Å². The largest absolute Gasteiger partial charge is 0.507 e. The molecule has 0 saturated carbocycles. The first-order chi connectivity index (χ1) is 35.2. The highest BCUT2D eigenvalue weighted by Gasteiger charge is 2.35. The quantitative estimate of drug-likeness (QED) is 0.157. The molecule has 0 amide bonds. The molecule has 2 heterocycles. The van der Waals surface area contributed by atoms with Crippen LogP contribution in [0.1, 0.15) is 156 Å². The summed E-state index contributed by atoms with van der Waals surface area (Å²) in [5.74, 6) is 1.04. The van der Waals surface area contributed by atoms with Gasteiger partial charge in [-0.25, -0.2) is 4.98 Å². The Balaban J connectivity index is 1.37.